The van der Waals surface area contributed by atoms with Crippen LogP contribution in [0.15, 0.2) is 18.2 Å². The third-order valence-corrected chi connectivity index (χ3v) is 8.25. The van der Waals surface area contributed by atoms with Crippen molar-refractivity contribution < 1.29 is 14.0 Å². The van der Waals surface area contributed by atoms with E-state index in [2.05, 4.69) is 19.2 Å². The van der Waals surface area contributed by atoms with Crippen LogP contribution in [-0.2, 0) is 15.0 Å². The van der Waals surface area contributed by atoms with E-state index in [4.69, 9.17) is 17.3 Å². The molecule has 3 saturated carbocycles. The summed E-state index contributed by atoms with van der Waals surface area (Å²) in [7, 11) is 0. The van der Waals surface area contributed by atoms with E-state index in [1.165, 1.54) is 12.1 Å². The number of halogens is 2. The van der Waals surface area contributed by atoms with Crippen LogP contribution < -0.4 is 11.1 Å². The lowest BCUT2D eigenvalue weighted by Gasteiger charge is -2.51. The number of fused-ring (bicyclic) bond motifs is 2. The van der Waals surface area contributed by atoms with Gasteiger partial charge in [-0.15, -0.1) is 0 Å². The summed E-state index contributed by atoms with van der Waals surface area (Å²) >= 11 is 6.23. The van der Waals surface area contributed by atoms with E-state index >= 15 is 0 Å². The lowest BCUT2D eigenvalue weighted by atomic mass is 9.55. The van der Waals surface area contributed by atoms with Crippen LogP contribution in [0.5, 0.6) is 0 Å². The highest BCUT2D eigenvalue weighted by Crippen LogP contribution is 2.53. The molecule has 6 atom stereocenters. The second-order valence-electron chi connectivity index (χ2n) is 10.4. The van der Waals surface area contributed by atoms with Crippen molar-refractivity contribution in [2.24, 2.45) is 34.8 Å². The highest BCUT2D eigenvalue weighted by molar-refractivity contribution is 6.31. The van der Waals surface area contributed by atoms with E-state index in [0.717, 1.165) is 32.0 Å². The predicted octanol–water partition coefficient (Wildman–Crippen LogP) is 4.23. The fourth-order valence-electron chi connectivity index (χ4n) is 6.56. The molecule has 30 heavy (non-hydrogen) atoms. The maximum atomic E-state index is 13.4. The molecule has 6 heteroatoms. The van der Waals surface area contributed by atoms with Crippen molar-refractivity contribution in [1.82, 2.24) is 5.32 Å². The summed E-state index contributed by atoms with van der Waals surface area (Å²) in [6.07, 6.45) is 6.66. The molecular formula is C24H32ClFN2O2. The Balaban J connectivity index is 1.42. The molecule has 1 aromatic rings. The number of benzene rings is 1. The first-order valence-corrected chi connectivity index (χ1v) is 11.5. The van der Waals surface area contributed by atoms with Gasteiger partial charge >= 0.3 is 0 Å². The van der Waals surface area contributed by atoms with Gasteiger partial charge in [0, 0.05) is 23.0 Å². The number of nitrogens with one attached hydrogen (secondary N) is 1. The molecule has 0 aliphatic heterocycles. The molecule has 164 valence electrons. The fourth-order valence-corrected chi connectivity index (χ4v) is 6.91. The van der Waals surface area contributed by atoms with Crippen LogP contribution in [0.3, 0.4) is 0 Å². The molecule has 3 aliphatic rings. The molecule has 0 aromatic heterocycles. The minimum atomic E-state index is -0.658. The van der Waals surface area contributed by atoms with E-state index in [9.17, 15) is 14.0 Å². The normalized spacial score (nSPS) is 35.4. The van der Waals surface area contributed by atoms with Crippen LogP contribution in [-0.4, -0.2) is 24.8 Å². The van der Waals surface area contributed by atoms with E-state index < -0.39 is 11.2 Å². The number of hydrogen-bond acceptors (Lipinski definition) is 3. The monoisotopic (exact) mass is 434 g/mol. The van der Waals surface area contributed by atoms with Crippen molar-refractivity contribution in [2.75, 3.05) is 6.54 Å². The Morgan fingerprint density at radius 3 is 2.73 bits per heavy atom. The summed E-state index contributed by atoms with van der Waals surface area (Å²) in [5, 5.41) is 3.37. The van der Waals surface area contributed by atoms with E-state index in [1.54, 1.807) is 6.07 Å². The molecular weight excluding hydrogens is 403 g/mol. The van der Waals surface area contributed by atoms with Gasteiger partial charge in [-0.25, -0.2) is 4.39 Å². The Hall–Kier alpha value is -1.46. The topological polar surface area (TPSA) is 72.2 Å². The van der Waals surface area contributed by atoms with Crippen molar-refractivity contribution in [3.63, 3.8) is 0 Å². The number of hydrogen-bond donors (Lipinski definition) is 2. The third-order valence-electron chi connectivity index (χ3n) is 7.93. The Morgan fingerprint density at radius 1 is 1.37 bits per heavy atom. The summed E-state index contributed by atoms with van der Waals surface area (Å²) < 4.78 is 13.4. The van der Waals surface area contributed by atoms with Gasteiger partial charge in [0.1, 0.15) is 12.1 Å². The van der Waals surface area contributed by atoms with Gasteiger partial charge in [0.15, 0.2) is 0 Å². The molecule has 1 aromatic carbocycles. The second kappa shape index (κ2) is 7.90. The van der Waals surface area contributed by atoms with Gasteiger partial charge in [-0.2, -0.15) is 0 Å². The van der Waals surface area contributed by atoms with Gasteiger partial charge in [0.05, 0.1) is 5.41 Å². The number of rotatable bonds is 6. The van der Waals surface area contributed by atoms with Crippen molar-refractivity contribution in [3.05, 3.63) is 34.6 Å². The van der Waals surface area contributed by atoms with Gasteiger partial charge in [-0.3, -0.25) is 4.79 Å². The molecule has 3 aliphatic carbocycles. The zero-order chi connectivity index (χ0) is 21.7. The molecule has 0 radical (unpaired) electrons. The first-order valence-electron chi connectivity index (χ1n) is 11.1. The average molecular weight is 435 g/mol. The Labute approximate surface area is 183 Å². The van der Waals surface area contributed by atoms with Gasteiger partial charge in [0.2, 0.25) is 5.91 Å². The fraction of sp³-hybridized carbons (Fsp3) is 0.667. The van der Waals surface area contributed by atoms with Crippen molar-refractivity contribution in [2.45, 2.75) is 63.8 Å². The maximum absolute atomic E-state index is 13.4. The molecule has 3 N–H and O–H groups in total. The number of carbonyl (C=O) groups excluding carboxylic acids is 2. The third kappa shape index (κ3) is 3.91. The minimum absolute atomic E-state index is 0.0748. The number of amides is 1. The highest BCUT2D eigenvalue weighted by atomic mass is 35.5. The van der Waals surface area contributed by atoms with Gasteiger partial charge < -0.3 is 15.8 Å². The maximum Gasteiger partial charge on any atom is 0.230 e. The standard InChI is InChI=1S/C24H32ClFN2O2/c1-14-7-15-8-16(11-23(2,10-15)13-29)21(14)20(27)12-28-22(30)24(5-6-24)18-4-3-17(26)9-19(18)25/h3-4,9,13-16,20-21H,5-8,10-12,27H2,1-2H3,(H,28,30). The molecule has 1 amide bonds. The molecule has 6 unspecified atom stereocenters. The first kappa shape index (κ1) is 21.8. The number of carbonyl (C=O) groups is 2. The highest BCUT2D eigenvalue weighted by Gasteiger charge is 2.53. The molecule has 4 nitrogen and oxygen atoms in total. The lowest BCUT2D eigenvalue weighted by Crippen LogP contribution is -2.53. The predicted molar refractivity (Wildman–Crippen MR) is 116 cm³/mol. The van der Waals surface area contributed by atoms with Crippen LogP contribution in [0, 0.1) is 34.9 Å². The Kier molecular flexibility index (Phi) is 5.73. The summed E-state index contributed by atoms with van der Waals surface area (Å²) in [6.45, 7) is 4.74. The van der Waals surface area contributed by atoms with Crippen LogP contribution in [0.1, 0.15) is 57.9 Å². The van der Waals surface area contributed by atoms with Gasteiger partial charge in [-0.05, 0) is 79.9 Å². The molecule has 3 fully saturated rings. The smallest absolute Gasteiger partial charge is 0.230 e. The van der Waals surface area contributed by atoms with Gasteiger partial charge in [0.25, 0.3) is 0 Å². The average Bonchev–Trinajstić information content (AvgIpc) is 3.47. The van der Waals surface area contributed by atoms with Crippen LogP contribution in [0.2, 0.25) is 5.02 Å². The molecule has 2 bridgehead atoms. The Morgan fingerprint density at radius 2 is 2.10 bits per heavy atom. The summed E-state index contributed by atoms with van der Waals surface area (Å²) in [5.74, 6) is 1.33. The van der Waals surface area contributed by atoms with Crippen molar-refractivity contribution in [1.29, 1.82) is 0 Å². The first-order chi connectivity index (χ1) is 14.2. The van der Waals surface area contributed by atoms with Crippen LogP contribution >= 0.6 is 11.6 Å². The van der Waals surface area contributed by atoms with E-state index in [1.807, 2.05) is 0 Å². The van der Waals surface area contributed by atoms with Crippen molar-refractivity contribution in [3.8, 4) is 0 Å². The lowest BCUT2D eigenvalue weighted by molar-refractivity contribution is -0.124. The molecule has 4 rings (SSSR count). The van der Waals surface area contributed by atoms with Gasteiger partial charge in [-0.1, -0.05) is 31.5 Å². The quantitative estimate of drug-likeness (QED) is 0.658. The minimum Gasteiger partial charge on any atom is -0.354 e. The zero-order valence-corrected chi connectivity index (χ0v) is 18.6. The van der Waals surface area contributed by atoms with Crippen molar-refractivity contribution >= 4 is 23.8 Å². The number of nitrogens with two attached hydrogens (primary N) is 1. The molecule has 0 heterocycles. The Bertz CT molecular complexity index is 840. The summed E-state index contributed by atoms with van der Waals surface area (Å²) in [4.78, 5) is 24.7. The SMILES string of the molecule is CC1CC2CC(CC(C)(C=O)C2)C1C(N)CNC(=O)C1(c2ccc(F)cc2Cl)CC1. The molecule has 0 saturated heterocycles. The van der Waals surface area contributed by atoms with Crippen LogP contribution in [0.4, 0.5) is 4.39 Å². The second-order valence-corrected chi connectivity index (χ2v) is 10.8. The largest absolute Gasteiger partial charge is 0.354 e. The summed E-state index contributed by atoms with van der Waals surface area (Å²) in [5.41, 5.74) is 6.42. The number of aldehydes is 1. The molecule has 0 spiro atoms. The zero-order valence-electron chi connectivity index (χ0n) is 17.8. The van der Waals surface area contributed by atoms with E-state index in [-0.39, 0.29) is 17.4 Å². The van der Waals surface area contributed by atoms with Crippen LogP contribution in [0.25, 0.3) is 0 Å². The van der Waals surface area contributed by atoms with E-state index in [0.29, 0.717) is 53.6 Å². The summed E-state index contributed by atoms with van der Waals surface area (Å²) in [6, 6.07) is 4.09.